The van der Waals surface area contributed by atoms with Crippen molar-refractivity contribution in [3.05, 3.63) is 100 Å². The lowest BCUT2D eigenvalue weighted by Gasteiger charge is -2.21. The molecule has 0 aliphatic carbocycles. The first-order valence-corrected chi connectivity index (χ1v) is 12.5. The number of nitrogens with one attached hydrogen (secondary N) is 2. The molecule has 0 atom stereocenters. The molecule has 0 aliphatic heterocycles. The minimum absolute atomic E-state index is 0.0238. The molecule has 0 bridgehead atoms. The summed E-state index contributed by atoms with van der Waals surface area (Å²) < 4.78 is 5.59. The van der Waals surface area contributed by atoms with Crippen molar-refractivity contribution >= 4 is 41.4 Å². The van der Waals surface area contributed by atoms with Gasteiger partial charge in [0, 0.05) is 24.3 Å². The Labute approximate surface area is 222 Å². The predicted octanol–water partition coefficient (Wildman–Crippen LogP) is 5.51. The van der Waals surface area contributed by atoms with Gasteiger partial charge in [-0.2, -0.15) is 5.10 Å². The Bertz CT molecular complexity index is 1270. The first-order chi connectivity index (χ1) is 18.0. The van der Waals surface area contributed by atoms with Crippen LogP contribution < -0.4 is 20.4 Å². The van der Waals surface area contributed by atoms with Gasteiger partial charge in [-0.25, -0.2) is 5.43 Å². The number of rotatable bonds is 11. The molecule has 0 unspecified atom stereocenters. The number of carbonyl (C=O) groups excluding carboxylic acids is 2. The van der Waals surface area contributed by atoms with E-state index in [1.165, 1.54) is 6.21 Å². The smallest absolute Gasteiger partial charge is 0.287 e. The lowest BCUT2D eigenvalue weighted by Crippen LogP contribution is -2.33. The molecule has 192 valence electrons. The largest absolute Gasteiger partial charge is 0.493 e. The third kappa shape index (κ3) is 7.69. The number of ether oxygens (including phenoxy) is 1. The first-order valence-electron chi connectivity index (χ1n) is 12.1. The van der Waals surface area contributed by atoms with Crippen LogP contribution in [0.25, 0.3) is 6.08 Å². The van der Waals surface area contributed by atoms with Gasteiger partial charge < -0.3 is 15.0 Å². The minimum Gasteiger partial charge on any atom is -0.493 e. The molecular formula is C29H31ClN4O3. The number of amides is 2. The van der Waals surface area contributed by atoms with Crippen LogP contribution in [0.1, 0.15) is 42.3 Å². The maximum absolute atomic E-state index is 13.1. The van der Waals surface area contributed by atoms with Crippen LogP contribution in [-0.4, -0.2) is 37.7 Å². The van der Waals surface area contributed by atoms with Gasteiger partial charge in [-0.1, -0.05) is 48.0 Å². The van der Waals surface area contributed by atoms with Crippen LogP contribution in [0.5, 0.6) is 5.75 Å². The second-order valence-electron chi connectivity index (χ2n) is 7.93. The Morgan fingerprint density at radius 1 is 0.946 bits per heavy atom. The molecule has 3 aromatic rings. The van der Waals surface area contributed by atoms with Gasteiger partial charge in [0.05, 0.1) is 23.4 Å². The van der Waals surface area contributed by atoms with E-state index in [1.807, 2.05) is 55.5 Å². The van der Waals surface area contributed by atoms with E-state index in [0.717, 1.165) is 24.3 Å². The van der Waals surface area contributed by atoms with Crippen molar-refractivity contribution in [1.82, 2.24) is 10.7 Å². The number of hydrogen-bond donors (Lipinski definition) is 2. The molecule has 3 aromatic carbocycles. The molecule has 2 N–H and O–H groups in total. The van der Waals surface area contributed by atoms with E-state index in [2.05, 4.69) is 34.6 Å². The number of carbonyl (C=O) groups is 2. The van der Waals surface area contributed by atoms with Crippen LogP contribution in [-0.2, 0) is 4.79 Å². The summed E-state index contributed by atoms with van der Waals surface area (Å²) in [7, 11) is 0. The summed E-state index contributed by atoms with van der Waals surface area (Å²) in [6.07, 6.45) is 3.09. The average Bonchev–Trinajstić information content (AvgIpc) is 2.91. The zero-order valence-corrected chi connectivity index (χ0v) is 22.0. The van der Waals surface area contributed by atoms with Crippen molar-refractivity contribution in [1.29, 1.82) is 0 Å². The number of anilines is 1. The lowest BCUT2D eigenvalue weighted by molar-refractivity contribution is -0.117. The number of para-hydroxylation sites is 1. The topological polar surface area (TPSA) is 83.0 Å². The van der Waals surface area contributed by atoms with E-state index in [1.54, 1.807) is 30.3 Å². The Morgan fingerprint density at radius 2 is 1.62 bits per heavy atom. The summed E-state index contributed by atoms with van der Waals surface area (Å²) in [5.41, 5.74) is 5.30. The third-order valence-corrected chi connectivity index (χ3v) is 5.86. The average molecular weight is 519 g/mol. The number of benzene rings is 3. The standard InChI is InChI=1S/C29H31ClN4O3/c1-4-34(5-2)23-17-15-21(16-18-23)19-26(32-28(35)24-12-8-9-13-25(24)30)29(36)33-31-20-22-11-7-10-14-27(22)37-6-3/h7-20H,4-6H2,1-3H3,(H,32,35)(H,33,36)/b26-19+,31-20-. The quantitative estimate of drug-likeness (QED) is 0.199. The fourth-order valence-electron chi connectivity index (χ4n) is 3.62. The minimum atomic E-state index is -0.585. The molecule has 0 saturated heterocycles. The van der Waals surface area contributed by atoms with Gasteiger partial charge >= 0.3 is 0 Å². The second kappa shape index (κ2) is 13.8. The van der Waals surface area contributed by atoms with Gasteiger partial charge in [0.2, 0.25) is 0 Å². The van der Waals surface area contributed by atoms with Gasteiger partial charge in [0.1, 0.15) is 11.4 Å². The van der Waals surface area contributed by atoms with E-state index in [-0.39, 0.29) is 16.3 Å². The summed E-state index contributed by atoms with van der Waals surface area (Å²) in [6.45, 7) is 8.36. The van der Waals surface area contributed by atoms with Crippen LogP contribution in [0.2, 0.25) is 5.02 Å². The van der Waals surface area contributed by atoms with Crippen molar-refractivity contribution in [3.8, 4) is 5.75 Å². The lowest BCUT2D eigenvalue weighted by atomic mass is 10.1. The van der Waals surface area contributed by atoms with Crippen LogP contribution >= 0.6 is 11.6 Å². The molecule has 0 heterocycles. The van der Waals surface area contributed by atoms with Crippen LogP contribution in [0, 0.1) is 0 Å². The molecule has 37 heavy (non-hydrogen) atoms. The van der Waals surface area contributed by atoms with E-state index >= 15 is 0 Å². The predicted molar refractivity (Wildman–Crippen MR) is 150 cm³/mol. The van der Waals surface area contributed by atoms with Crippen molar-refractivity contribution in [3.63, 3.8) is 0 Å². The highest BCUT2D eigenvalue weighted by Crippen LogP contribution is 2.19. The highest BCUT2D eigenvalue weighted by molar-refractivity contribution is 6.34. The van der Waals surface area contributed by atoms with Gasteiger partial charge in [-0.05, 0) is 68.8 Å². The Morgan fingerprint density at radius 3 is 2.30 bits per heavy atom. The van der Waals surface area contributed by atoms with Crippen LogP contribution in [0.4, 0.5) is 5.69 Å². The summed E-state index contributed by atoms with van der Waals surface area (Å²) >= 11 is 6.19. The zero-order valence-electron chi connectivity index (χ0n) is 21.2. The molecule has 0 aromatic heterocycles. The first kappa shape index (κ1) is 27.5. The molecule has 3 rings (SSSR count). The van der Waals surface area contributed by atoms with Crippen molar-refractivity contribution in [2.45, 2.75) is 20.8 Å². The van der Waals surface area contributed by atoms with Gasteiger partial charge in [0.15, 0.2) is 0 Å². The fourth-order valence-corrected chi connectivity index (χ4v) is 3.85. The Kier molecular flexibility index (Phi) is 10.3. The zero-order chi connectivity index (χ0) is 26.6. The highest BCUT2D eigenvalue weighted by Gasteiger charge is 2.16. The summed E-state index contributed by atoms with van der Waals surface area (Å²) in [4.78, 5) is 28.2. The maximum Gasteiger partial charge on any atom is 0.287 e. The molecule has 0 aliphatic rings. The summed E-state index contributed by atoms with van der Waals surface area (Å²) in [5, 5.41) is 7.04. The number of nitrogens with zero attached hydrogens (tertiary/aromatic N) is 2. The number of hydrogen-bond acceptors (Lipinski definition) is 5. The molecule has 8 heteroatoms. The molecule has 2 amide bonds. The Hall–Kier alpha value is -4.10. The monoisotopic (exact) mass is 518 g/mol. The summed E-state index contributed by atoms with van der Waals surface area (Å²) in [6, 6.07) is 21.7. The van der Waals surface area contributed by atoms with E-state index in [0.29, 0.717) is 17.9 Å². The van der Waals surface area contributed by atoms with E-state index in [9.17, 15) is 9.59 Å². The van der Waals surface area contributed by atoms with E-state index in [4.69, 9.17) is 16.3 Å². The highest BCUT2D eigenvalue weighted by atomic mass is 35.5. The third-order valence-electron chi connectivity index (χ3n) is 5.53. The van der Waals surface area contributed by atoms with Crippen LogP contribution in [0.3, 0.4) is 0 Å². The maximum atomic E-state index is 13.1. The Balaban J connectivity index is 1.85. The van der Waals surface area contributed by atoms with Gasteiger partial charge in [0.25, 0.3) is 11.8 Å². The van der Waals surface area contributed by atoms with Gasteiger partial charge in [-0.3, -0.25) is 9.59 Å². The van der Waals surface area contributed by atoms with Crippen LogP contribution in [0.15, 0.2) is 83.6 Å². The van der Waals surface area contributed by atoms with Crippen molar-refractivity contribution in [2.24, 2.45) is 5.10 Å². The fraction of sp³-hybridized carbons (Fsp3) is 0.207. The molecule has 0 radical (unpaired) electrons. The molecule has 0 spiro atoms. The van der Waals surface area contributed by atoms with Gasteiger partial charge in [-0.15, -0.1) is 0 Å². The van der Waals surface area contributed by atoms with E-state index < -0.39 is 11.8 Å². The molecular weight excluding hydrogens is 488 g/mol. The molecule has 0 saturated carbocycles. The molecule has 7 nitrogen and oxygen atoms in total. The summed E-state index contributed by atoms with van der Waals surface area (Å²) in [5.74, 6) is -0.435. The second-order valence-corrected chi connectivity index (χ2v) is 8.33. The van der Waals surface area contributed by atoms with Crippen molar-refractivity contribution in [2.75, 3.05) is 24.6 Å². The SMILES string of the molecule is CCOc1ccccc1/C=N\NC(=O)/C(=C\c1ccc(N(CC)CC)cc1)NC(=O)c1ccccc1Cl. The van der Waals surface area contributed by atoms with Crippen molar-refractivity contribution < 1.29 is 14.3 Å². The normalized spacial score (nSPS) is 11.3. The number of hydrazone groups is 1. The number of halogens is 1. The molecule has 0 fully saturated rings.